The smallest absolute Gasteiger partial charge is 0.264 e. The summed E-state index contributed by atoms with van der Waals surface area (Å²) in [7, 11) is -2.52. The number of carbonyl (C=O) groups is 1. The molecule has 1 atom stereocenters. The maximum atomic E-state index is 13.7. The summed E-state index contributed by atoms with van der Waals surface area (Å²) in [6, 6.07) is 30.3. The molecule has 4 aromatic carbocycles. The Balaban J connectivity index is 1.67. The molecule has 0 aromatic heterocycles. The van der Waals surface area contributed by atoms with Crippen LogP contribution in [0.15, 0.2) is 108 Å². The number of carbonyl (C=O) groups excluding carboxylic acids is 1. The van der Waals surface area contributed by atoms with Crippen LogP contribution in [0, 0.1) is 13.8 Å². The third kappa shape index (κ3) is 6.19. The van der Waals surface area contributed by atoms with Gasteiger partial charge in [-0.25, -0.2) is 8.42 Å². The Morgan fingerprint density at radius 1 is 0.784 bits per heavy atom. The van der Waals surface area contributed by atoms with E-state index in [0.29, 0.717) is 11.4 Å². The van der Waals surface area contributed by atoms with Crippen LogP contribution in [-0.4, -0.2) is 28.0 Å². The number of amides is 1. The molecule has 0 unspecified atom stereocenters. The van der Waals surface area contributed by atoms with Crippen LogP contribution >= 0.6 is 0 Å². The number of nitrogens with zero attached hydrogens (tertiary/aromatic N) is 1. The van der Waals surface area contributed by atoms with Crippen LogP contribution in [0.25, 0.3) is 0 Å². The molecular weight excluding hydrogens is 484 g/mol. The molecular formula is C30H30N2O4S. The predicted molar refractivity (Wildman–Crippen MR) is 146 cm³/mol. The maximum absolute atomic E-state index is 13.7. The van der Waals surface area contributed by atoms with Gasteiger partial charge in [0.15, 0.2) is 0 Å². The molecule has 7 heteroatoms. The number of hydrogen-bond donors (Lipinski definition) is 1. The molecule has 1 N–H and O–H groups in total. The van der Waals surface area contributed by atoms with E-state index in [0.717, 1.165) is 26.6 Å². The molecule has 4 aromatic rings. The molecule has 0 heterocycles. The highest BCUT2D eigenvalue weighted by Gasteiger charge is 2.28. The number of methoxy groups -OCH3 is 1. The van der Waals surface area contributed by atoms with E-state index in [1.807, 2.05) is 80.6 Å². The number of ether oxygens (including phenoxy) is 1. The van der Waals surface area contributed by atoms with Crippen molar-refractivity contribution in [1.29, 1.82) is 0 Å². The summed E-state index contributed by atoms with van der Waals surface area (Å²) in [6.07, 6.45) is 0. The van der Waals surface area contributed by atoms with Gasteiger partial charge in [0, 0.05) is 0 Å². The lowest BCUT2D eigenvalue weighted by atomic mass is 9.98. The van der Waals surface area contributed by atoms with Crippen LogP contribution in [-0.2, 0) is 14.8 Å². The van der Waals surface area contributed by atoms with Crippen molar-refractivity contribution in [2.75, 3.05) is 18.0 Å². The van der Waals surface area contributed by atoms with Crippen LogP contribution < -0.4 is 14.4 Å². The lowest BCUT2D eigenvalue weighted by Crippen LogP contribution is -2.42. The van der Waals surface area contributed by atoms with Gasteiger partial charge >= 0.3 is 0 Å². The highest BCUT2D eigenvalue weighted by atomic mass is 32.2. The minimum absolute atomic E-state index is 0.0693. The van der Waals surface area contributed by atoms with Gasteiger partial charge in [0.2, 0.25) is 5.91 Å². The fourth-order valence-electron chi connectivity index (χ4n) is 4.00. The second-order valence-corrected chi connectivity index (χ2v) is 10.7. The standard InChI is InChI=1S/C30H30N2O4S/c1-22-9-13-25(14-10-22)30(24-7-5-4-6-8-24)31-29(33)21-32(26-15-11-23(2)12-16-26)37(34,35)28-19-17-27(36-3)18-20-28/h4-20,30H,21H2,1-3H3,(H,31,33)/t30-/m0/s1. The molecule has 6 nitrogen and oxygen atoms in total. The van der Waals surface area contributed by atoms with Crippen LogP contribution in [0.3, 0.4) is 0 Å². The zero-order valence-electron chi connectivity index (χ0n) is 21.1. The quantitative estimate of drug-likeness (QED) is 0.324. The fourth-order valence-corrected chi connectivity index (χ4v) is 5.42. The monoisotopic (exact) mass is 514 g/mol. The number of benzene rings is 4. The third-order valence-electron chi connectivity index (χ3n) is 6.11. The van der Waals surface area contributed by atoms with Crippen molar-refractivity contribution >= 4 is 21.6 Å². The van der Waals surface area contributed by atoms with Crippen LogP contribution in [0.2, 0.25) is 0 Å². The summed E-state index contributed by atoms with van der Waals surface area (Å²) in [5.74, 6) is 0.120. The Kier molecular flexibility index (Phi) is 7.94. The van der Waals surface area contributed by atoms with Crippen molar-refractivity contribution in [1.82, 2.24) is 5.32 Å². The van der Waals surface area contributed by atoms with Gasteiger partial charge < -0.3 is 10.1 Å². The molecule has 0 radical (unpaired) electrons. The molecule has 4 rings (SSSR count). The van der Waals surface area contributed by atoms with E-state index >= 15 is 0 Å². The Morgan fingerprint density at radius 3 is 1.89 bits per heavy atom. The number of anilines is 1. The molecule has 1 amide bonds. The summed E-state index contributed by atoms with van der Waals surface area (Å²) in [6.45, 7) is 3.54. The number of hydrogen-bond acceptors (Lipinski definition) is 4. The van der Waals surface area contributed by atoms with E-state index in [2.05, 4.69) is 5.32 Å². The molecule has 0 bridgehead atoms. The number of nitrogens with one attached hydrogen (secondary N) is 1. The lowest BCUT2D eigenvalue weighted by molar-refractivity contribution is -0.120. The van der Waals surface area contributed by atoms with Crippen molar-refractivity contribution in [3.05, 3.63) is 125 Å². The van der Waals surface area contributed by atoms with Crippen LogP contribution in [0.4, 0.5) is 5.69 Å². The molecule has 0 fully saturated rings. The zero-order chi connectivity index (χ0) is 26.4. The van der Waals surface area contributed by atoms with E-state index < -0.39 is 22.0 Å². The summed E-state index contributed by atoms with van der Waals surface area (Å²) < 4.78 is 33.7. The highest BCUT2D eigenvalue weighted by Crippen LogP contribution is 2.27. The topological polar surface area (TPSA) is 75.7 Å². The number of aryl methyl sites for hydroxylation is 2. The van der Waals surface area contributed by atoms with Crippen molar-refractivity contribution in [3.8, 4) is 5.75 Å². The largest absolute Gasteiger partial charge is 0.497 e. The van der Waals surface area contributed by atoms with Gasteiger partial charge in [-0.1, -0.05) is 77.9 Å². The normalized spacial score (nSPS) is 12.0. The molecule has 0 saturated heterocycles. The molecule has 0 spiro atoms. The first-order valence-corrected chi connectivity index (χ1v) is 13.4. The first kappa shape index (κ1) is 26.0. The van der Waals surface area contributed by atoms with Gasteiger partial charge in [-0.2, -0.15) is 0 Å². The molecule has 0 aliphatic rings. The summed E-state index contributed by atoms with van der Waals surface area (Å²) in [5.41, 5.74) is 4.31. The first-order chi connectivity index (χ1) is 17.8. The van der Waals surface area contributed by atoms with E-state index in [1.165, 1.54) is 19.2 Å². The van der Waals surface area contributed by atoms with Gasteiger partial charge in [0.1, 0.15) is 12.3 Å². The minimum Gasteiger partial charge on any atom is -0.497 e. The summed E-state index contributed by atoms with van der Waals surface area (Å²) in [4.78, 5) is 13.5. The average molecular weight is 515 g/mol. The Hall–Kier alpha value is -4.10. The number of rotatable bonds is 9. The van der Waals surface area contributed by atoms with Crippen LogP contribution in [0.1, 0.15) is 28.3 Å². The van der Waals surface area contributed by atoms with E-state index in [9.17, 15) is 13.2 Å². The lowest BCUT2D eigenvalue weighted by Gasteiger charge is -2.26. The highest BCUT2D eigenvalue weighted by molar-refractivity contribution is 7.92. The van der Waals surface area contributed by atoms with E-state index in [4.69, 9.17) is 4.74 Å². The molecule has 37 heavy (non-hydrogen) atoms. The van der Waals surface area contributed by atoms with E-state index in [1.54, 1.807) is 24.3 Å². The fraction of sp³-hybridized carbons (Fsp3) is 0.167. The summed E-state index contributed by atoms with van der Waals surface area (Å²) in [5, 5.41) is 3.06. The Bertz CT molecular complexity index is 1430. The second-order valence-electron chi connectivity index (χ2n) is 8.84. The van der Waals surface area contributed by atoms with Crippen molar-refractivity contribution in [2.45, 2.75) is 24.8 Å². The average Bonchev–Trinajstić information content (AvgIpc) is 2.92. The SMILES string of the molecule is COc1ccc(S(=O)(=O)N(CC(=O)N[C@@H](c2ccccc2)c2ccc(C)cc2)c2ccc(C)cc2)cc1. The zero-order valence-corrected chi connectivity index (χ0v) is 21.9. The van der Waals surface area contributed by atoms with Gasteiger partial charge in [0.05, 0.1) is 23.7 Å². The summed E-state index contributed by atoms with van der Waals surface area (Å²) >= 11 is 0. The molecule has 0 aliphatic heterocycles. The van der Waals surface area contributed by atoms with Crippen molar-refractivity contribution < 1.29 is 17.9 Å². The van der Waals surface area contributed by atoms with Gasteiger partial charge in [-0.15, -0.1) is 0 Å². The van der Waals surface area contributed by atoms with Crippen molar-refractivity contribution in [2.24, 2.45) is 0 Å². The van der Waals surface area contributed by atoms with Gasteiger partial charge in [-0.3, -0.25) is 9.10 Å². The third-order valence-corrected chi connectivity index (χ3v) is 7.89. The second kappa shape index (κ2) is 11.3. The Labute approximate surface area is 218 Å². The first-order valence-electron chi connectivity index (χ1n) is 11.9. The minimum atomic E-state index is -4.04. The van der Waals surface area contributed by atoms with Gasteiger partial charge in [-0.05, 0) is 61.4 Å². The molecule has 0 saturated carbocycles. The van der Waals surface area contributed by atoms with Gasteiger partial charge in [0.25, 0.3) is 10.0 Å². The van der Waals surface area contributed by atoms with E-state index in [-0.39, 0.29) is 11.4 Å². The predicted octanol–water partition coefficient (Wildman–Crippen LogP) is 5.41. The Morgan fingerprint density at radius 2 is 1.32 bits per heavy atom. The molecule has 190 valence electrons. The maximum Gasteiger partial charge on any atom is 0.264 e. The molecule has 0 aliphatic carbocycles. The van der Waals surface area contributed by atoms with Crippen LogP contribution in [0.5, 0.6) is 5.75 Å². The number of sulfonamides is 1. The van der Waals surface area contributed by atoms with Crippen molar-refractivity contribution in [3.63, 3.8) is 0 Å².